The van der Waals surface area contributed by atoms with Crippen molar-refractivity contribution < 1.29 is 27.6 Å². The Kier molecular flexibility index (Phi) is 5.29. The van der Waals surface area contributed by atoms with Gasteiger partial charge in [-0.2, -0.15) is 8.78 Å². The van der Waals surface area contributed by atoms with E-state index in [0.29, 0.717) is 5.56 Å². The van der Waals surface area contributed by atoms with Gasteiger partial charge in [-0.3, -0.25) is 4.79 Å². The molecule has 0 unspecified atom stereocenters. The molecule has 0 saturated heterocycles. The quantitative estimate of drug-likeness (QED) is 0.447. The Bertz CT molecular complexity index is 1010. The first kappa shape index (κ1) is 19.1. The molecule has 150 valence electrons. The predicted molar refractivity (Wildman–Crippen MR) is 102 cm³/mol. The van der Waals surface area contributed by atoms with Gasteiger partial charge in [0.15, 0.2) is 12.2 Å². The molecule has 0 amide bonds. The first-order valence-electron chi connectivity index (χ1n) is 9.39. The zero-order valence-corrected chi connectivity index (χ0v) is 16.0. The number of alkyl halides is 2. The van der Waals surface area contributed by atoms with Crippen molar-refractivity contribution >= 4 is 5.78 Å². The van der Waals surface area contributed by atoms with E-state index < -0.39 is 6.61 Å². The first-order chi connectivity index (χ1) is 14.0. The van der Waals surface area contributed by atoms with Gasteiger partial charge in [0.25, 0.3) is 5.82 Å². The Hall–Kier alpha value is -3.22. The second kappa shape index (κ2) is 8.03. The molecule has 0 fully saturated rings. The Labute approximate surface area is 167 Å². The number of aromatic nitrogens is 2. The minimum absolute atomic E-state index is 0.0377. The second-order valence-corrected chi connectivity index (χ2v) is 6.87. The van der Waals surface area contributed by atoms with Crippen LogP contribution in [-0.4, -0.2) is 24.1 Å². The highest BCUT2D eigenvalue weighted by molar-refractivity contribution is 5.95. The van der Waals surface area contributed by atoms with Crippen LogP contribution in [0.4, 0.5) is 8.78 Å². The van der Waals surface area contributed by atoms with E-state index in [4.69, 9.17) is 4.74 Å². The first-order valence-corrected chi connectivity index (χ1v) is 9.39. The smallest absolute Gasteiger partial charge is 0.387 e. The number of hydrogen-bond acceptors (Lipinski definition) is 3. The number of fused-ring (bicyclic) bond motifs is 1. The van der Waals surface area contributed by atoms with Crippen molar-refractivity contribution in [1.29, 1.82) is 0 Å². The maximum Gasteiger partial charge on any atom is 0.387 e. The summed E-state index contributed by atoms with van der Waals surface area (Å²) in [5.41, 5.74) is 2.59. The fourth-order valence-corrected chi connectivity index (χ4v) is 3.71. The summed E-state index contributed by atoms with van der Waals surface area (Å²) in [7, 11) is 1.63. The average Bonchev–Trinajstić information content (AvgIpc) is 3.32. The summed E-state index contributed by atoms with van der Waals surface area (Å²) in [6.45, 7) is -1.77. The van der Waals surface area contributed by atoms with Crippen molar-refractivity contribution in [2.45, 2.75) is 32.5 Å². The molecule has 5 nitrogen and oxygen atoms in total. The number of carbonyl (C=O) groups excluding carboxylic acids is 1. The van der Waals surface area contributed by atoms with E-state index in [1.54, 1.807) is 7.11 Å². The van der Waals surface area contributed by atoms with Crippen LogP contribution in [0.3, 0.4) is 0 Å². The van der Waals surface area contributed by atoms with Gasteiger partial charge in [0, 0.05) is 11.1 Å². The standard InChI is InChI=1S/C22H21F2N2O3/c1-28-17-8-4-15(5-9-17)19-13-25(21-3-2-12-26(19)21)14-20(27)16-6-10-18(11-7-16)29-22(23)24/h4-11,13,22H,2-3,12,14H2,1H3/q+1. The summed E-state index contributed by atoms with van der Waals surface area (Å²) >= 11 is 0. The van der Waals surface area contributed by atoms with Crippen molar-refractivity contribution in [1.82, 2.24) is 4.57 Å². The molecule has 2 heterocycles. The number of Topliss-reactive ketones (excluding diaryl/α,β-unsaturated/α-hetero) is 1. The van der Waals surface area contributed by atoms with Crippen LogP contribution in [-0.2, 0) is 19.5 Å². The van der Waals surface area contributed by atoms with E-state index >= 15 is 0 Å². The lowest BCUT2D eigenvalue weighted by atomic mass is 10.1. The van der Waals surface area contributed by atoms with E-state index in [0.717, 1.165) is 42.2 Å². The summed E-state index contributed by atoms with van der Waals surface area (Å²) in [5, 5.41) is 0. The van der Waals surface area contributed by atoms with Crippen LogP contribution in [0.5, 0.6) is 11.5 Å². The Morgan fingerprint density at radius 1 is 1.10 bits per heavy atom. The van der Waals surface area contributed by atoms with Crippen LogP contribution in [0.2, 0.25) is 0 Å². The normalized spacial score (nSPS) is 12.8. The average molecular weight is 399 g/mol. The number of imidazole rings is 1. The predicted octanol–water partition coefficient (Wildman–Crippen LogP) is 3.88. The molecule has 0 radical (unpaired) electrons. The Morgan fingerprint density at radius 2 is 1.79 bits per heavy atom. The number of halogens is 2. The van der Waals surface area contributed by atoms with Gasteiger partial charge in [-0.15, -0.1) is 0 Å². The highest BCUT2D eigenvalue weighted by Crippen LogP contribution is 2.26. The summed E-state index contributed by atoms with van der Waals surface area (Å²) in [6, 6.07) is 13.7. The molecule has 1 aliphatic rings. The maximum absolute atomic E-state index is 12.7. The lowest BCUT2D eigenvalue weighted by Crippen LogP contribution is -2.40. The third-order valence-electron chi connectivity index (χ3n) is 5.10. The number of carbonyl (C=O) groups is 1. The van der Waals surface area contributed by atoms with Crippen LogP contribution >= 0.6 is 0 Å². The highest BCUT2D eigenvalue weighted by atomic mass is 19.3. The lowest BCUT2D eigenvalue weighted by molar-refractivity contribution is -0.689. The summed E-state index contributed by atoms with van der Waals surface area (Å²) < 4.78 is 38.3. The van der Waals surface area contributed by atoms with Gasteiger partial charge in [-0.25, -0.2) is 9.13 Å². The van der Waals surface area contributed by atoms with Crippen molar-refractivity contribution in [3.8, 4) is 22.8 Å². The second-order valence-electron chi connectivity index (χ2n) is 6.87. The molecule has 0 N–H and O–H groups in total. The molecular weight excluding hydrogens is 378 g/mol. The largest absolute Gasteiger partial charge is 0.497 e. The topological polar surface area (TPSA) is 44.3 Å². The third kappa shape index (κ3) is 3.99. The van der Waals surface area contributed by atoms with Gasteiger partial charge < -0.3 is 9.47 Å². The molecule has 3 aromatic rings. The fraction of sp³-hybridized carbons (Fsp3) is 0.273. The van der Waals surface area contributed by atoms with E-state index in [2.05, 4.69) is 9.30 Å². The lowest BCUT2D eigenvalue weighted by Gasteiger charge is -2.05. The fourth-order valence-electron chi connectivity index (χ4n) is 3.71. The van der Waals surface area contributed by atoms with Crippen molar-refractivity contribution in [2.75, 3.05) is 7.11 Å². The summed E-state index contributed by atoms with van der Waals surface area (Å²) in [6.07, 6.45) is 3.94. The van der Waals surface area contributed by atoms with E-state index in [-0.39, 0.29) is 18.1 Å². The Balaban J connectivity index is 1.56. The zero-order valence-electron chi connectivity index (χ0n) is 16.0. The van der Waals surface area contributed by atoms with Gasteiger partial charge in [-0.05, 0) is 55.0 Å². The molecule has 0 spiro atoms. The molecule has 29 heavy (non-hydrogen) atoms. The van der Waals surface area contributed by atoms with Crippen LogP contribution in [0.1, 0.15) is 22.6 Å². The van der Waals surface area contributed by atoms with E-state index in [1.165, 1.54) is 24.3 Å². The number of benzene rings is 2. The van der Waals surface area contributed by atoms with E-state index in [9.17, 15) is 13.6 Å². The van der Waals surface area contributed by atoms with Crippen LogP contribution < -0.4 is 14.0 Å². The molecule has 0 bridgehead atoms. The molecule has 4 rings (SSSR count). The molecule has 0 saturated carbocycles. The number of rotatable bonds is 7. The van der Waals surface area contributed by atoms with Crippen molar-refractivity contribution in [2.24, 2.45) is 0 Å². The van der Waals surface area contributed by atoms with E-state index in [1.807, 2.05) is 35.0 Å². The number of ether oxygens (including phenoxy) is 2. The number of methoxy groups -OCH3 is 1. The maximum atomic E-state index is 12.7. The molecule has 2 aromatic carbocycles. The molecule has 1 aliphatic heterocycles. The van der Waals surface area contributed by atoms with Gasteiger partial charge in [0.1, 0.15) is 17.7 Å². The summed E-state index contributed by atoms with van der Waals surface area (Å²) in [4.78, 5) is 12.7. The summed E-state index contributed by atoms with van der Waals surface area (Å²) in [5.74, 6) is 1.86. The van der Waals surface area contributed by atoms with Gasteiger partial charge in [-0.1, -0.05) is 0 Å². The Morgan fingerprint density at radius 3 is 2.45 bits per heavy atom. The minimum Gasteiger partial charge on any atom is -0.497 e. The molecule has 1 aromatic heterocycles. The van der Waals surface area contributed by atoms with Crippen molar-refractivity contribution in [3.05, 3.63) is 66.1 Å². The monoisotopic (exact) mass is 399 g/mol. The SMILES string of the molecule is COc1ccc(-c2c[n+](CC(=O)c3ccc(OC(F)F)cc3)c3n2CCC3)cc1. The molecule has 7 heteroatoms. The number of ketones is 1. The van der Waals surface area contributed by atoms with Crippen LogP contribution in [0, 0.1) is 0 Å². The van der Waals surface area contributed by atoms with Crippen molar-refractivity contribution in [3.63, 3.8) is 0 Å². The molecule has 0 aliphatic carbocycles. The third-order valence-corrected chi connectivity index (χ3v) is 5.10. The number of hydrogen-bond donors (Lipinski definition) is 0. The zero-order chi connectivity index (χ0) is 20.4. The van der Waals surface area contributed by atoms with Gasteiger partial charge >= 0.3 is 6.61 Å². The van der Waals surface area contributed by atoms with Crippen LogP contribution in [0.25, 0.3) is 11.3 Å². The van der Waals surface area contributed by atoms with Gasteiger partial charge in [0.2, 0.25) is 5.78 Å². The molecule has 0 atom stereocenters. The number of nitrogens with zero attached hydrogens (tertiary/aromatic N) is 2. The van der Waals surface area contributed by atoms with Crippen LogP contribution in [0.15, 0.2) is 54.7 Å². The molecular formula is C22H21F2N2O3+. The van der Waals surface area contributed by atoms with Gasteiger partial charge in [0.05, 0.1) is 20.1 Å². The minimum atomic E-state index is -2.88. The highest BCUT2D eigenvalue weighted by Gasteiger charge is 2.29.